The Kier molecular flexibility index (Phi) is 5.28. The van der Waals surface area contributed by atoms with E-state index in [0.717, 1.165) is 34.7 Å². The third-order valence-corrected chi connectivity index (χ3v) is 6.75. The maximum Gasteiger partial charge on any atom is 0.278 e. The van der Waals surface area contributed by atoms with Gasteiger partial charge in [0, 0.05) is 23.7 Å². The second-order valence-electron chi connectivity index (χ2n) is 7.99. The van der Waals surface area contributed by atoms with E-state index in [0.29, 0.717) is 17.6 Å². The Morgan fingerprint density at radius 2 is 1.94 bits per heavy atom. The average molecular weight is 433 g/mol. The molecule has 6 nitrogen and oxygen atoms in total. The van der Waals surface area contributed by atoms with Gasteiger partial charge in [-0.3, -0.25) is 14.2 Å². The summed E-state index contributed by atoms with van der Waals surface area (Å²) >= 11 is 1.60. The van der Waals surface area contributed by atoms with Gasteiger partial charge in [-0.25, -0.2) is 4.98 Å². The number of aromatic nitrogens is 3. The van der Waals surface area contributed by atoms with Crippen LogP contribution in [-0.4, -0.2) is 31.8 Å². The summed E-state index contributed by atoms with van der Waals surface area (Å²) in [6.07, 6.45) is 1.77. The summed E-state index contributed by atoms with van der Waals surface area (Å²) in [6.45, 7) is 2.78. The molecule has 2 aromatic carbocycles. The number of carbonyl (C=O) groups excluding carboxylic acids is 1. The molecule has 0 spiro atoms. The lowest BCUT2D eigenvalue weighted by molar-refractivity contribution is -0.122. The van der Waals surface area contributed by atoms with Gasteiger partial charge in [-0.1, -0.05) is 60.3 Å². The van der Waals surface area contributed by atoms with Crippen LogP contribution >= 0.6 is 11.8 Å². The van der Waals surface area contributed by atoms with Crippen LogP contribution < -0.4 is 10.9 Å². The molecule has 1 aliphatic heterocycles. The molecule has 0 bridgehead atoms. The number of amides is 1. The first-order valence-corrected chi connectivity index (χ1v) is 11.6. The molecule has 158 valence electrons. The first kappa shape index (κ1) is 19.9. The molecule has 3 heterocycles. The third kappa shape index (κ3) is 3.74. The molecule has 7 heteroatoms. The maximum atomic E-state index is 13.2. The van der Waals surface area contributed by atoms with E-state index in [9.17, 15) is 9.59 Å². The third-order valence-electron chi connectivity index (χ3n) is 5.79. The summed E-state index contributed by atoms with van der Waals surface area (Å²) in [5, 5.41) is 4.77. The molecule has 1 atom stereocenters. The molecule has 5 rings (SSSR count). The van der Waals surface area contributed by atoms with Gasteiger partial charge in [-0.15, -0.1) is 0 Å². The van der Waals surface area contributed by atoms with Crippen molar-refractivity contribution in [3.05, 3.63) is 70.5 Å². The number of rotatable bonds is 6. The Bertz CT molecular complexity index is 1330. The summed E-state index contributed by atoms with van der Waals surface area (Å²) in [4.78, 5) is 30.9. The van der Waals surface area contributed by atoms with Crippen LogP contribution in [0.2, 0.25) is 0 Å². The fourth-order valence-corrected chi connectivity index (χ4v) is 5.19. The molecule has 0 unspecified atom stereocenters. The highest BCUT2D eigenvalue weighted by atomic mass is 32.2. The van der Waals surface area contributed by atoms with Crippen LogP contribution in [0.1, 0.15) is 18.9 Å². The summed E-state index contributed by atoms with van der Waals surface area (Å²) < 4.78 is 3.55. The predicted molar refractivity (Wildman–Crippen MR) is 125 cm³/mol. The zero-order chi connectivity index (χ0) is 21.4. The molecule has 4 aromatic rings. The second kappa shape index (κ2) is 8.23. The van der Waals surface area contributed by atoms with Crippen LogP contribution in [0.3, 0.4) is 0 Å². The molecule has 1 N–H and O–H groups in total. The number of nitrogens with zero attached hydrogens (tertiary/aromatic N) is 3. The second-order valence-corrected chi connectivity index (χ2v) is 9.06. The molecular formula is C24H24N4O2S. The Morgan fingerprint density at radius 3 is 2.77 bits per heavy atom. The molecule has 0 saturated carbocycles. The van der Waals surface area contributed by atoms with Gasteiger partial charge < -0.3 is 9.88 Å². The van der Waals surface area contributed by atoms with Crippen molar-refractivity contribution >= 4 is 39.6 Å². The number of benzene rings is 2. The highest BCUT2D eigenvalue weighted by molar-refractivity contribution is 7.99. The predicted octanol–water partition coefficient (Wildman–Crippen LogP) is 3.59. The van der Waals surface area contributed by atoms with Crippen molar-refractivity contribution in [3.63, 3.8) is 0 Å². The number of hydrogen-bond acceptors (Lipinski definition) is 4. The lowest BCUT2D eigenvalue weighted by atomic mass is 10.1. The van der Waals surface area contributed by atoms with Crippen molar-refractivity contribution in [2.24, 2.45) is 0 Å². The van der Waals surface area contributed by atoms with E-state index >= 15 is 0 Å². The Labute approximate surface area is 184 Å². The highest BCUT2D eigenvalue weighted by Gasteiger charge is 2.23. The molecule has 0 fully saturated rings. The van der Waals surface area contributed by atoms with Crippen molar-refractivity contribution < 1.29 is 4.79 Å². The van der Waals surface area contributed by atoms with Crippen molar-refractivity contribution in [2.45, 2.75) is 44.1 Å². The van der Waals surface area contributed by atoms with Crippen LogP contribution in [-0.2, 0) is 24.3 Å². The minimum absolute atomic E-state index is 0.0423. The number of aryl methyl sites for hydroxylation is 1. The standard InChI is InChI=1S/C24H24N4O2S/c1-16(11-12-17-7-3-2-4-8-17)25-20(29)15-28-19-10-6-5-9-18(19)21-22(28)23(30)27-13-14-31-24(27)26-21/h2-10,16H,11-15H2,1H3,(H,25,29)/t16-/m1/s1. The van der Waals surface area contributed by atoms with Gasteiger partial charge >= 0.3 is 0 Å². The lowest BCUT2D eigenvalue weighted by Gasteiger charge is -2.15. The number of para-hydroxylation sites is 1. The fraction of sp³-hybridized carbons (Fsp3) is 0.292. The summed E-state index contributed by atoms with van der Waals surface area (Å²) in [6, 6.07) is 18.1. The van der Waals surface area contributed by atoms with Crippen LogP contribution in [0.25, 0.3) is 21.9 Å². The minimum Gasteiger partial charge on any atom is -0.352 e. The number of nitrogens with one attached hydrogen (secondary N) is 1. The molecule has 1 aliphatic rings. The zero-order valence-corrected chi connectivity index (χ0v) is 18.2. The van der Waals surface area contributed by atoms with Gasteiger partial charge in [0.05, 0.1) is 5.52 Å². The maximum absolute atomic E-state index is 13.2. The van der Waals surface area contributed by atoms with Crippen LogP contribution in [0.4, 0.5) is 0 Å². The van der Waals surface area contributed by atoms with E-state index in [2.05, 4.69) is 17.4 Å². The van der Waals surface area contributed by atoms with Crippen LogP contribution in [0, 0.1) is 0 Å². The van der Waals surface area contributed by atoms with Gasteiger partial charge in [0.1, 0.15) is 17.6 Å². The number of fused-ring (bicyclic) bond motifs is 4. The average Bonchev–Trinajstić information content (AvgIpc) is 3.37. The van der Waals surface area contributed by atoms with E-state index in [1.54, 1.807) is 16.3 Å². The van der Waals surface area contributed by atoms with Crippen LogP contribution in [0.5, 0.6) is 0 Å². The Hall–Kier alpha value is -3.06. The monoisotopic (exact) mass is 432 g/mol. The summed E-state index contributed by atoms with van der Waals surface area (Å²) in [5.41, 5.74) is 3.26. The molecule has 0 radical (unpaired) electrons. The largest absolute Gasteiger partial charge is 0.352 e. The minimum atomic E-state index is -0.0949. The zero-order valence-electron chi connectivity index (χ0n) is 17.4. The van der Waals surface area contributed by atoms with Gasteiger partial charge in [0.15, 0.2) is 5.16 Å². The first-order chi connectivity index (χ1) is 15.1. The molecule has 31 heavy (non-hydrogen) atoms. The SMILES string of the molecule is C[C@H](CCc1ccccc1)NC(=O)Cn1c2ccccc2c2nc3n(c(=O)c21)CCS3. The fourth-order valence-electron chi connectivity index (χ4n) is 4.25. The van der Waals surface area contributed by atoms with Crippen molar-refractivity contribution in [3.8, 4) is 0 Å². The van der Waals surface area contributed by atoms with E-state index in [-0.39, 0.29) is 24.1 Å². The Balaban J connectivity index is 1.42. The van der Waals surface area contributed by atoms with Crippen molar-refractivity contribution in [1.29, 1.82) is 0 Å². The molecule has 2 aromatic heterocycles. The van der Waals surface area contributed by atoms with Gasteiger partial charge in [-0.05, 0) is 31.4 Å². The van der Waals surface area contributed by atoms with E-state index in [4.69, 9.17) is 4.98 Å². The quantitative estimate of drug-likeness (QED) is 0.473. The molecule has 0 aliphatic carbocycles. The Morgan fingerprint density at radius 1 is 1.16 bits per heavy atom. The summed E-state index contributed by atoms with van der Waals surface area (Å²) in [7, 11) is 0. The van der Waals surface area contributed by atoms with E-state index in [1.807, 2.05) is 54.0 Å². The normalized spacial score (nSPS) is 14.1. The molecular weight excluding hydrogens is 408 g/mol. The number of carbonyl (C=O) groups is 1. The van der Waals surface area contributed by atoms with Crippen molar-refractivity contribution in [2.75, 3.05) is 5.75 Å². The van der Waals surface area contributed by atoms with Gasteiger partial charge in [-0.2, -0.15) is 0 Å². The van der Waals surface area contributed by atoms with Gasteiger partial charge in [0.2, 0.25) is 5.91 Å². The van der Waals surface area contributed by atoms with E-state index in [1.165, 1.54) is 5.56 Å². The molecule has 1 amide bonds. The van der Waals surface area contributed by atoms with E-state index < -0.39 is 0 Å². The smallest absolute Gasteiger partial charge is 0.278 e. The number of hydrogen-bond donors (Lipinski definition) is 1. The molecule has 0 saturated heterocycles. The van der Waals surface area contributed by atoms with Crippen LogP contribution in [0.15, 0.2) is 64.5 Å². The highest BCUT2D eigenvalue weighted by Crippen LogP contribution is 2.29. The van der Waals surface area contributed by atoms with Crippen molar-refractivity contribution in [1.82, 2.24) is 19.4 Å². The lowest BCUT2D eigenvalue weighted by Crippen LogP contribution is -2.36. The first-order valence-electron chi connectivity index (χ1n) is 10.6. The topological polar surface area (TPSA) is 68.9 Å². The summed E-state index contributed by atoms with van der Waals surface area (Å²) in [5.74, 6) is 0.758. The number of thioether (sulfide) groups is 1. The van der Waals surface area contributed by atoms with Gasteiger partial charge in [0.25, 0.3) is 5.56 Å².